The summed E-state index contributed by atoms with van der Waals surface area (Å²) in [6.45, 7) is 0.835. The molecule has 1 aliphatic rings. The Morgan fingerprint density at radius 2 is 1.80 bits per heavy atom. The first-order chi connectivity index (χ1) is 7.33. The summed E-state index contributed by atoms with van der Waals surface area (Å²) in [6, 6.07) is 2.59. The summed E-state index contributed by atoms with van der Waals surface area (Å²) in [5, 5.41) is 9.34. The number of nitrogens with zero attached hydrogens (tertiary/aromatic N) is 1. The van der Waals surface area contributed by atoms with E-state index in [1.54, 1.807) is 7.11 Å². The van der Waals surface area contributed by atoms with Gasteiger partial charge in [0.2, 0.25) is 0 Å². The van der Waals surface area contributed by atoms with Crippen molar-refractivity contribution < 1.29 is 4.74 Å². The Hall–Kier alpha value is -0.550. The minimum atomic E-state index is 0.00421. The number of hydrogen-bond acceptors (Lipinski definition) is 2. The van der Waals surface area contributed by atoms with Crippen molar-refractivity contribution >= 4 is 0 Å². The predicted octanol–water partition coefficient (Wildman–Crippen LogP) is 3.67. The van der Waals surface area contributed by atoms with Gasteiger partial charge >= 0.3 is 0 Å². The van der Waals surface area contributed by atoms with Gasteiger partial charge in [-0.2, -0.15) is 5.26 Å². The molecule has 86 valence electrons. The van der Waals surface area contributed by atoms with Crippen LogP contribution in [0.25, 0.3) is 0 Å². The zero-order valence-corrected chi connectivity index (χ0v) is 9.93. The van der Waals surface area contributed by atoms with Crippen LogP contribution in [0.4, 0.5) is 0 Å². The van der Waals surface area contributed by atoms with Gasteiger partial charge in [-0.25, -0.2) is 0 Å². The first-order valence-electron chi connectivity index (χ1n) is 6.23. The maximum Gasteiger partial charge on any atom is 0.0689 e. The molecule has 2 nitrogen and oxygen atoms in total. The molecule has 0 N–H and O–H groups in total. The highest BCUT2D eigenvalue weighted by Crippen LogP contribution is 2.38. The molecule has 1 saturated carbocycles. The second kappa shape index (κ2) is 6.85. The van der Waals surface area contributed by atoms with E-state index in [1.165, 1.54) is 25.7 Å². The van der Waals surface area contributed by atoms with Crippen LogP contribution in [-0.2, 0) is 4.74 Å². The van der Waals surface area contributed by atoms with Gasteiger partial charge in [0.05, 0.1) is 11.5 Å². The van der Waals surface area contributed by atoms with Crippen molar-refractivity contribution in [3.8, 4) is 6.07 Å². The van der Waals surface area contributed by atoms with Crippen molar-refractivity contribution in [1.82, 2.24) is 0 Å². The van der Waals surface area contributed by atoms with E-state index in [4.69, 9.17) is 4.74 Å². The molecule has 0 aromatic rings. The summed E-state index contributed by atoms with van der Waals surface area (Å²) in [4.78, 5) is 0. The van der Waals surface area contributed by atoms with Crippen LogP contribution in [0, 0.1) is 16.7 Å². The van der Waals surface area contributed by atoms with E-state index in [2.05, 4.69) is 6.07 Å². The second-order valence-electron chi connectivity index (χ2n) is 4.76. The molecule has 0 radical (unpaired) electrons. The van der Waals surface area contributed by atoms with Gasteiger partial charge in [0.15, 0.2) is 0 Å². The van der Waals surface area contributed by atoms with Gasteiger partial charge in [-0.05, 0) is 32.1 Å². The summed E-state index contributed by atoms with van der Waals surface area (Å²) in [5.41, 5.74) is 0.00421. The van der Waals surface area contributed by atoms with E-state index >= 15 is 0 Å². The Balaban J connectivity index is 2.34. The SMILES string of the molecule is COCCCCC1(C#N)CCCCCC1. The third-order valence-electron chi connectivity index (χ3n) is 3.55. The Morgan fingerprint density at radius 3 is 2.33 bits per heavy atom. The van der Waals surface area contributed by atoms with Crippen molar-refractivity contribution in [2.75, 3.05) is 13.7 Å². The number of hydrogen-bond donors (Lipinski definition) is 0. The molecule has 2 heteroatoms. The summed E-state index contributed by atoms with van der Waals surface area (Å²) < 4.78 is 5.04. The highest BCUT2D eigenvalue weighted by molar-refractivity contribution is 4.99. The van der Waals surface area contributed by atoms with Gasteiger partial charge in [-0.3, -0.25) is 0 Å². The Kier molecular flexibility index (Phi) is 5.71. The molecule has 0 heterocycles. The molecule has 15 heavy (non-hydrogen) atoms. The van der Waals surface area contributed by atoms with Crippen molar-refractivity contribution in [2.24, 2.45) is 5.41 Å². The third kappa shape index (κ3) is 4.22. The van der Waals surface area contributed by atoms with E-state index in [-0.39, 0.29) is 5.41 Å². The number of rotatable bonds is 5. The zero-order chi connectivity index (χ0) is 11.0. The molecular weight excluding hydrogens is 186 g/mol. The van der Waals surface area contributed by atoms with Crippen molar-refractivity contribution in [2.45, 2.75) is 57.8 Å². The topological polar surface area (TPSA) is 33.0 Å². The van der Waals surface area contributed by atoms with Crippen LogP contribution in [0.5, 0.6) is 0 Å². The quantitative estimate of drug-likeness (QED) is 0.511. The standard InChI is InChI=1S/C13H23NO/c1-15-11-7-6-10-13(12-14)8-4-2-3-5-9-13/h2-11H2,1H3. The predicted molar refractivity (Wildman–Crippen MR) is 61.5 cm³/mol. The molecular formula is C13H23NO. The normalized spacial score (nSPS) is 20.5. The Labute approximate surface area is 93.6 Å². The summed E-state index contributed by atoms with van der Waals surface area (Å²) in [5.74, 6) is 0. The molecule has 1 fully saturated rings. The second-order valence-corrected chi connectivity index (χ2v) is 4.76. The van der Waals surface area contributed by atoms with Gasteiger partial charge in [-0.1, -0.05) is 25.7 Å². The highest BCUT2D eigenvalue weighted by atomic mass is 16.5. The van der Waals surface area contributed by atoms with Gasteiger partial charge in [-0.15, -0.1) is 0 Å². The van der Waals surface area contributed by atoms with Gasteiger partial charge in [0, 0.05) is 13.7 Å². The van der Waals surface area contributed by atoms with E-state index in [9.17, 15) is 5.26 Å². The van der Waals surface area contributed by atoms with Crippen LogP contribution >= 0.6 is 0 Å². The van der Waals surface area contributed by atoms with Crippen LogP contribution < -0.4 is 0 Å². The molecule has 0 aliphatic heterocycles. The fourth-order valence-corrected chi connectivity index (χ4v) is 2.53. The van der Waals surface area contributed by atoms with Crippen LogP contribution in [0.2, 0.25) is 0 Å². The molecule has 0 spiro atoms. The third-order valence-corrected chi connectivity index (χ3v) is 3.55. The van der Waals surface area contributed by atoms with Crippen LogP contribution in [0.15, 0.2) is 0 Å². The van der Waals surface area contributed by atoms with Crippen molar-refractivity contribution in [3.05, 3.63) is 0 Å². The minimum Gasteiger partial charge on any atom is -0.385 e. The molecule has 0 bridgehead atoms. The van der Waals surface area contributed by atoms with Crippen LogP contribution in [0.3, 0.4) is 0 Å². The van der Waals surface area contributed by atoms with Gasteiger partial charge in [0.25, 0.3) is 0 Å². The molecule has 0 saturated heterocycles. The van der Waals surface area contributed by atoms with Crippen LogP contribution in [-0.4, -0.2) is 13.7 Å². The maximum atomic E-state index is 9.34. The fourth-order valence-electron chi connectivity index (χ4n) is 2.53. The fraction of sp³-hybridized carbons (Fsp3) is 0.923. The lowest BCUT2D eigenvalue weighted by atomic mass is 9.77. The molecule has 0 aromatic heterocycles. The first kappa shape index (κ1) is 12.5. The number of methoxy groups -OCH3 is 1. The molecule has 0 amide bonds. The lowest BCUT2D eigenvalue weighted by Gasteiger charge is -2.24. The largest absolute Gasteiger partial charge is 0.385 e. The van der Waals surface area contributed by atoms with Crippen molar-refractivity contribution in [1.29, 1.82) is 5.26 Å². The van der Waals surface area contributed by atoms with E-state index in [0.29, 0.717) is 0 Å². The monoisotopic (exact) mass is 209 g/mol. The number of ether oxygens (including phenoxy) is 1. The summed E-state index contributed by atoms with van der Waals surface area (Å²) >= 11 is 0. The zero-order valence-electron chi connectivity index (χ0n) is 9.93. The molecule has 0 unspecified atom stereocenters. The summed E-state index contributed by atoms with van der Waals surface area (Å²) in [6.07, 6.45) is 10.7. The molecule has 1 aliphatic carbocycles. The lowest BCUT2D eigenvalue weighted by Crippen LogP contribution is -2.17. The van der Waals surface area contributed by atoms with Crippen molar-refractivity contribution in [3.63, 3.8) is 0 Å². The number of nitriles is 1. The van der Waals surface area contributed by atoms with Gasteiger partial charge in [0.1, 0.15) is 0 Å². The van der Waals surface area contributed by atoms with E-state index < -0.39 is 0 Å². The molecule has 1 rings (SSSR count). The Morgan fingerprint density at radius 1 is 1.13 bits per heavy atom. The van der Waals surface area contributed by atoms with Crippen LogP contribution in [0.1, 0.15) is 57.8 Å². The van der Waals surface area contributed by atoms with E-state index in [0.717, 1.165) is 38.7 Å². The summed E-state index contributed by atoms with van der Waals surface area (Å²) in [7, 11) is 1.74. The Bertz CT molecular complexity index is 199. The minimum absolute atomic E-state index is 0.00421. The number of unbranched alkanes of at least 4 members (excludes halogenated alkanes) is 1. The average Bonchev–Trinajstić information content (AvgIpc) is 2.51. The van der Waals surface area contributed by atoms with E-state index in [1.807, 2.05) is 0 Å². The first-order valence-corrected chi connectivity index (χ1v) is 6.23. The average molecular weight is 209 g/mol. The maximum absolute atomic E-state index is 9.34. The molecule has 0 aromatic carbocycles. The smallest absolute Gasteiger partial charge is 0.0689 e. The van der Waals surface area contributed by atoms with Gasteiger partial charge < -0.3 is 4.74 Å². The molecule has 0 atom stereocenters. The lowest BCUT2D eigenvalue weighted by molar-refractivity contribution is 0.185. The highest BCUT2D eigenvalue weighted by Gasteiger charge is 2.29.